The molecule has 0 aliphatic carbocycles. The Morgan fingerprint density at radius 3 is 2.12 bits per heavy atom. The van der Waals surface area contributed by atoms with E-state index in [2.05, 4.69) is 4.98 Å². The third kappa shape index (κ3) is 3.63. The molecule has 2 N–H and O–H groups in total. The third-order valence-corrected chi connectivity index (χ3v) is 7.24. The number of aromatic nitrogens is 2. The Bertz CT molecular complexity index is 2190. The van der Waals surface area contributed by atoms with Gasteiger partial charge in [-0.3, -0.25) is 19.0 Å². The standard InChI is InChI=1S/C31H21N3O6/c1-14-12-17(30(37)38)4-10-23(14)32-15(2)19-6-9-22-27-21(8-7-20(16(3)35)26(19)27)28-33-24-11-5-18(31(39)40)13-25(24)34(28)29(22)36/h4-13H,1-3H3,(H,37,38)(H,39,40)/b32-15+. The van der Waals surface area contributed by atoms with E-state index in [0.29, 0.717) is 66.3 Å². The van der Waals surface area contributed by atoms with E-state index in [4.69, 9.17) is 4.99 Å². The van der Waals surface area contributed by atoms with Crippen molar-refractivity contribution in [3.63, 3.8) is 0 Å². The predicted octanol–water partition coefficient (Wildman–Crippen LogP) is 5.64. The molecular weight excluding hydrogens is 510 g/mol. The smallest absolute Gasteiger partial charge is 0.335 e. The number of fused-ring (bicyclic) bond motifs is 4. The van der Waals surface area contributed by atoms with E-state index < -0.39 is 11.9 Å². The Morgan fingerprint density at radius 1 is 0.800 bits per heavy atom. The van der Waals surface area contributed by atoms with Gasteiger partial charge in [0.25, 0.3) is 5.56 Å². The molecular formula is C31H21N3O6. The van der Waals surface area contributed by atoms with Crippen LogP contribution in [-0.2, 0) is 0 Å². The minimum Gasteiger partial charge on any atom is -0.478 e. The number of rotatable bonds is 5. The molecule has 0 spiro atoms. The van der Waals surface area contributed by atoms with Crippen LogP contribution in [0.1, 0.15) is 56.0 Å². The van der Waals surface area contributed by atoms with E-state index >= 15 is 0 Å². The lowest BCUT2D eigenvalue weighted by molar-refractivity contribution is 0.0686. The van der Waals surface area contributed by atoms with Crippen LogP contribution in [0.4, 0.5) is 5.69 Å². The number of aryl methyl sites for hydroxylation is 1. The number of carbonyl (C=O) groups excluding carboxylic acids is 1. The van der Waals surface area contributed by atoms with Gasteiger partial charge in [0.05, 0.1) is 27.8 Å². The minimum atomic E-state index is -1.11. The van der Waals surface area contributed by atoms with Crippen LogP contribution < -0.4 is 5.56 Å². The predicted molar refractivity (Wildman–Crippen MR) is 152 cm³/mol. The van der Waals surface area contributed by atoms with E-state index in [9.17, 15) is 29.4 Å². The van der Waals surface area contributed by atoms with Crippen molar-refractivity contribution >= 4 is 67.3 Å². The number of hydrogen-bond acceptors (Lipinski definition) is 6. The number of carboxylic acid groups (broad SMARTS) is 2. The molecule has 196 valence electrons. The Morgan fingerprint density at radius 2 is 1.45 bits per heavy atom. The summed E-state index contributed by atoms with van der Waals surface area (Å²) in [5, 5.41) is 20.9. The molecule has 6 rings (SSSR count). The lowest BCUT2D eigenvalue weighted by Crippen LogP contribution is -2.15. The Labute approximate surface area is 226 Å². The van der Waals surface area contributed by atoms with Crippen molar-refractivity contribution < 1.29 is 24.6 Å². The average molecular weight is 532 g/mol. The van der Waals surface area contributed by atoms with Crippen molar-refractivity contribution in [2.24, 2.45) is 4.99 Å². The van der Waals surface area contributed by atoms with Crippen molar-refractivity contribution in [3.05, 3.63) is 98.8 Å². The number of ketones is 1. The molecule has 0 saturated heterocycles. The van der Waals surface area contributed by atoms with Gasteiger partial charge >= 0.3 is 11.9 Å². The van der Waals surface area contributed by atoms with Gasteiger partial charge in [0.15, 0.2) is 5.78 Å². The maximum atomic E-state index is 13.8. The van der Waals surface area contributed by atoms with Crippen LogP contribution in [0.3, 0.4) is 0 Å². The monoisotopic (exact) mass is 531 g/mol. The first-order chi connectivity index (χ1) is 19.1. The molecule has 0 aliphatic rings. The molecule has 0 amide bonds. The highest BCUT2D eigenvalue weighted by atomic mass is 16.4. The second kappa shape index (κ2) is 8.81. The lowest BCUT2D eigenvalue weighted by Gasteiger charge is -2.15. The zero-order chi connectivity index (χ0) is 28.5. The molecule has 0 bridgehead atoms. The number of imidazole rings is 1. The summed E-state index contributed by atoms with van der Waals surface area (Å²) < 4.78 is 1.42. The number of aromatic carboxylic acids is 2. The molecule has 0 unspecified atom stereocenters. The van der Waals surface area contributed by atoms with E-state index in [-0.39, 0.29) is 22.5 Å². The number of nitrogens with zero attached hydrogens (tertiary/aromatic N) is 3. The number of carboxylic acids is 2. The van der Waals surface area contributed by atoms with Crippen LogP contribution in [0.5, 0.6) is 0 Å². The molecule has 0 aliphatic heterocycles. The summed E-state index contributed by atoms with van der Waals surface area (Å²) in [6.07, 6.45) is 0. The highest BCUT2D eigenvalue weighted by Crippen LogP contribution is 2.35. The van der Waals surface area contributed by atoms with Crippen LogP contribution in [0, 0.1) is 6.92 Å². The normalized spacial score (nSPS) is 12.1. The fourth-order valence-corrected chi connectivity index (χ4v) is 5.32. The summed E-state index contributed by atoms with van der Waals surface area (Å²) in [4.78, 5) is 59.0. The van der Waals surface area contributed by atoms with Gasteiger partial charge in [-0.25, -0.2) is 14.6 Å². The third-order valence-electron chi connectivity index (χ3n) is 7.24. The molecule has 40 heavy (non-hydrogen) atoms. The first-order valence-corrected chi connectivity index (χ1v) is 12.4. The summed E-state index contributed by atoms with van der Waals surface area (Å²) >= 11 is 0. The molecule has 9 heteroatoms. The number of carbonyl (C=O) groups is 3. The van der Waals surface area contributed by atoms with E-state index in [1.54, 1.807) is 56.3 Å². The molecule has 4 aromatic carbocycles. The molecule has 0 radical (unpaired) electrons. The van der Waals surface area contributed by atoms with Crippen molar-refractivity contribution in [3.8, 4) is 0 Å². The summed E-state index contributed by atoms with van der Waals surface area (Å²) in [6, 6.07) is 16.0. The second-order valence-electron chi connectivity index (χ2n) is 9.72. The van der Waals surface area contributed by atoms with Gasteiger partial charge in [0.1, 0.15) is 5.65 Å². The van der Waals surface area contributed by atoms with E-state index in [1.807, 2.05) is 0 Å². The topological polar surface area (TPSA) is 138 Å². The van der Waals surface area contributed by atoms with Crippen LogP contribution in [0.2, 0.25) is 0 Å². The number of hydrogen-bond donors (Lipinski definition) is 2. The molecule has 0 fully saturated rings. The van der Waals surface area contributed by atoms with Crippen molar-refractivity contribution in [2.75, 3.05) is 0 Å². The van der Waals surface area contributed by atoms with Gasteiger partial charge in [-0.2, -0.15) is 0 Å². The van der Waals surface area contributed by atoms with Gasteiger partial charge in [-0.1, -0.05) is 12.1 Å². The highest BCUT2D eigenvalue weighted by molar-refractivity contribution is 6.27. The van der Waals surface area contributed by atoms with Crippen molar-refractivity contribution in [1.82, 2.24) is 9.38 Å². The Hall–Kier alpha value is -5.44. The molecule has 6 aromatic rings. The van der Waals surface area contributed by atoms with Gasteiger partial charge < -0.3 is 10.2 Å². The molecule has 2 heterocycles. The summed E-state index contributed by atoms with van der Waals surface area (Å²) in [6.45, 7) is 5.03. The Balaban J connectivity index is 1.70. The van der Waals surface area contributed by atoms with Crippen molar-refractivity contribution in [1.29, 1.82) is 0 Å². The maximum Gasteiger partial charge on any atom is 0.335 e. The maximum absolute atomic E-state index is 13.8. The molecule has 0 saturated carbocycles. The summed E-state index contributed by atoms with van der Waals surface area (Å²) in [5.74, 6) is -2.32. The zero-order valence-electron chi connectivity index (χ0n) is 21.6. The van der Waals surface area contributed by atoms with E-state index in [0.717, 1.165) is 0 Å². The summed E-state index contributed by atoms with van der Waals surface area (Å²) in [7, 11) is 0. The minimum absolute atomic E-state index is 0.0414. The molecule has 9 nitrogen and oxygen atoms in total. The van der Waals surface area contributed by atoms with Gasteiger partial charge in [0.2, 0.25) is 0 Å². The lowest BCUT2D eigenvalue weighted by atomic mass is 9.91. The highest BCUT2D eigenvalue weighted by Gasteiger charge is 2.22. The van der Waals surface area contributed by atoms with Gasteiger partial charge in [-0.15, -0.1) is 0 Å². The van der Waals surface area contributed by atoms with Gasteiger partial charge in [-0.05, 0) is 74.9 Å². The first-order valence-electron chi connectivity index (χ1n) is 12.4. The van der Waals surface area contributed by atoms with Crippen molar-refractivity contribution in [2.45, 2.75) is 20.8 Å². The second-order valence-corrected chi connectivity index (χ2v) is 9.72. The quantitative estimate of drug-likeness (QED) is 0.217. The Kier molecular flexibility index (Phi) is 5.48. The van der Waals surface area contributed by atoms with Crippen LogP contribution in [-0.4, -0.2) is 43.0 Å². The number of benzene rings is 4. The number of aliphatic imine (C=N–C) groups is 1. The SMILES string of the molecule is CC(=O)c1ccc2c3c1c(/C(C)=N/c1ccc(C(=O)O)cc1C)ccc3c(=O)n1c3cc(C(=O)O)ccc3nc21. The fourth-order valence-electron chi connectivity index (χ4n) is 5.32. The van der Waals surface area contributed by atoms with E-state index in [1.165, 1.54) is 29.5 Å². The largest absolute Gasteiger partial charge is 0.478 e. The van der Waals surface area contributed by atoms with Crippen LogP contribution in [0.25, 0.3) is 38.2 Å². The van der Waals surface area contributed by atoms with Crippen LogP contribution in [0.15, 0.2) is 70.5 Å². The fraction of sp³-hybridized carbons (Fsp3) is 0.0968. The molecule has 0 atom stereocenters. The van der Waals surface area contributed by atoms with Gasteiger partial charge in [0, 0.05) is 38.4 Å². The molecule has 2 aromatic heterocycles. The number of Topliss-reactive ketones (excluding diaryl/α,β-unsaturated/α-hetero) is 1. The first kappa shape index (κ1) is 24.9. The number of pyridine rings is 1. The zero-order valence-corrected chi connectivity index (χ0v) is 21.6. The average Bonchev–Trinajstić information content (AvgIpc) is 3.31. The van der Waals surface area contributed by atoms with Crippen LogP contribution >= 0.6 is 0 Å². The summed E-state index contributed by atoms with van der Waals surface area (Å²) in [5.41, 5.74) is 3.96.